The van der Waals surface area contributed by atoms with Crippen LogP contribution < -0.4 is 16.0 Å². The third-order valence-corrected chi connectivity index (χ3v) is 5.46. The van der Waals surface area contributed by atoms with Gasteiger partial charge in [0.1, 0.15) is 0 Å². The fourth-order valence-electron chi connectivity index (χ4n) is 3.47. The first kappa shape index (κ1) is 17.0. The maximum atomic E-state index is 12.6. The Bertz CT molecular complexity index is 624. The number of aryl methyl sites for hydroxylation is 1. The van der Waals surface area contributed by atoms with E-state index in [4.69, 9.17) is 5.73 Å². The minimum Gasteiger partial charge on any atom is -0.349 e. The number of amides is 2. The normalized spacial score (nSPS) is 23.2. The molecule has 2 fully saturated rings. The van der Waals surface area contributed by atoms with Gasteiger partial charge >= 0.3 is 0 Å². The van der Waals surface area contributed by atoms with Crippen molar-refractivity contribution >= 4 is 17.5 Å². The van der Waals surface area contributed by atoms with Crippen LogP contribution in [0.2, 0.25) is 0 Å². The molecule has 3 rings (SSSR count). The molecule has 24 heavy (non-hydrogen) atoms. The molecule has 130 valence electrons. The number of nitrogens with two attached hydrogens (primary N) is 1. The van der Waals surface area contributed by atoms with Crippen molar-refractivity contribution in [2.45, 2.75) is 45.1 Å². The summed E-state index contributed by atoms with van der Waals surface area (Å²) >= 11 is 0. The summed E-state index contributed by atoms with van der Waals surface area (Å²) in [4.78, 5) is 26.7. The first-order chi connectivity index (χ1) is 11.5. The molecule has 0 spiro atoms. The summed E-state index contributed by atoms with van der Waals surface area (Å²) in [6.07, 6.45) is 3.48. The standard InChI is InChI=1S/C19H27N3O2/c1-3-13-4-8-16(9-5-13)22-11-14(10-17(22)23)18(24)21-19(2,12-20)15-6-7-15/h4-5,8-9,14-15H,3,6-7,10-12,20H2,1-2H3,(H,21,24). The summed E-state index contributed by atoms with van der Waals surface area (Å²) in [5.74, 6) is 0.144. The Labute approximate surface area is 143 Å². The van der Waals surface area contributed by atoms with E-state index in [0.717, 1.165) is 24.9 Å². The summed E-state index contributed by atoms with van der Waals surface area (Å²) in [6, 6.07) is 8.00. The van der Waals surface area contributed by atoms with Gasteiger partial charge in [-0.05, 0) is 49.8 Å². The van der Waals surface area contributed by atoms with Gasteiger partial charge < -0.3 is 16.0 Å². The molecule has 1 heterocycles. The fraction of sp³-hybridized carbons (Fsp3) is 0.579. The Kier molecular flexibility index (Phi) is 4.63. The number of hydrogen-bond donors (Lipinski definition) is 2. The zero-order chi connectivity index (χ0) is 17.3. The maximum Gasteiger partial charge on any atom is 0.227 e. The average molecular weight is 329 g/mol. The van der Waals surface area contributed by atoms with Crippen molar-refractivity contribution in [3.63, 3.8) is 0 Å². The molecule has 2 atom stereocenters. The third kappa shape index (κ3) is 3.31. The molecule has 2 aliphatic rings. The highest BCUT2D eigenvalue weighted by atomic mass is 16.2. The van der Waals surface area contributed by atoms with E-state index in [1.54, 1.807) is 4.90 Å². The van der Waals surface area contributed by atoms with E-state index in [1.807, 2.05) is 31.2 Å². The maximum absolute atomic E-state index is 12.6. The van der Waals surface area contributed by atoms with Crippen molar-refractivity contribution in [1.82, 2.24) is 5.32 Å². The number of nitrogens with zero attached hydrogens (tertiary/aromatic N) is 1. The lowest BCUT2D eigenvalue weighted by Crippen LogP contribution is -2.54. The molecule has 0 aromatic heterocycles. The van der Waals surface area contributed by atoms with Gasteiger partial charge in [-0.2, -0.15) is 0 Å². The lowest BCUT2D eigenvalue weighted by Gasteiger charge is -2.30. The van der Waals surface area contributed by atoms with Crippen LogP contribution in [0.5, 0.6) is 0 Å². The van der Waals surface area contributed by atoms with Crippen molar-refractivity contribution in [2.24, 2.45) is 17.6 Å². The number of rotatable bonds is 6. The van der Waals surface area contributed by atoms with Crippen LogP contribution in [0.4, 0.5) is 5.69 Å². The molecule has 2 amide bonds. The zero-order valence-electron chi connectivity index (χ0n) is 14.5. The van der Waals surface area contributed by atoms with Gasteiger partial charge in [0, 0.05) is 25.2 Å². The Hall–Kier alpha value is -1.88. The molecule has 3 N–H and O–H groups in total. The molecule has 1 saturated heterocycles. The molecule has 5 nitrogen and oxygen atoms in total. The zero-order valence-corrected chi connectivity index (χ0v) is 14.5. The molecule has 0 radical (unpaired) electrons. The summed E-state index contributed by atoms with van der Waals surface area (Å²) in [6.45, 7) is 5.00. The van der Waals surface area contributed by atoms with E-state index in [9.17, 15) is 9.59 Å². The van der Waals surface area contributed by atoms with Gasteiger partial charge in [-0.15, -0.1) is 0 Å². The smallest absolute Gasteiger partial charge is 0.227 e. The fourth-order valence-corrected chi connectivity index (χ4v) is 3.47. The lowest BCUT2D eigenvalue weighted by atomic mass is 9.94. The molecule has 1 aliphatic carbocycles. The van der Waals surface area contributed by atoms with Crippen molar-refractivity contribution in [1.29, 1.82) is 0 Å². The van der Waals surface area contributed by atoms with Gasteiger partial charge in [0.2, 0.25) is 11.8 Å². The molecular weight excluding hydrogens is 302 g/mol. The van der Waals surface area contributed by atoms with Gasteiger partial charge in [-0.25, -0.2) is 0 Å². The summed E-state index contributed by atoms with van der Waals surface area (Å²) in [5, 5.41) is 3.11. The molecule has 0 bridgehead atoms. The highest BCUT2D eigenvalue weighted by Crippen LogP contribution is 2.39. The van der Waals surface area contributed by atoms with Gasteiger partial charge in [0.25, 0.3) is 0 Å². The van der Waals surface area contributed by atoms with Crippen molar-refractivity contribution in [3.8, 4) is 0 Å². The third-order valence-electron chi connectivity index (χ3n) is 5.46. The molecule has 1 aromatic rings. The predicted molar refractivity (Wildman–Crippen MR) is 94.6 cm³/mol. The Morgan fingerprint density at radius 2 is 2.00 bits per heavy atom. The minimum atomic E-state index is -0.337. The molecule has 1 aliphatic heterocycles. The van der Waals surface area contributed by atoms with Crippen molar-refractivity contribution < 1.29 is 9.59 Å². The van der Waals surface area contributed by atoms with Gasteiger partial charge in [0.05, 0.1) is 11.5 Å². The van der Waals surface area contributed by atoms with E-state index in [0.29, 0.717) is 19.0 Å². The minimum absolute atomic E-state index is 0.0141. The summed E-state index contributed by atoms with van der Waals surface area (Å²) in [7, 11) is 0. The van der Waals surface area contributed by atoms with E-state index in [2.05, 4.69) is 12.2 Å². The largest absolute Gasteiger partial charge is 0.349 e. The quantitative estimate of drug-likeness (QED) is 0.836. The van der Waals surface area contributed by atoms with Gasteiger partial charge in [-0.1, -0.05) is 19.1 Å². The summed E-state index contributed by atoms with van der Waals surface area (Å²) < 4.78 is 0. The monoisotopic (exact) mass is 329 g/mol. The second-order valence-electron chi connectivity index (χ2n) is 7.31. The van der Waals surface area contributed by atoms with E-state index < -0.39 is 0 Å². The Morgan fingerprint density at radius 3 is 2.54 bits per heavy atom. The SMILES string of the molecule is CCc1ccc(N2CC(C(=O)NC(C)(CN)C3CC3)CC2=O)cc1. The van der Waals surface area contributed by atoms with Crippen LogP contribution in [0.25, 0.3) is 0 Å². The molecule has 5 heteroatoms. The molecular formula is C19H27N3O2. The number of nitrogens with one attached hydrogen (secondary N) is 1. The summed E-state index contributed by atoms with van der Waals surface area (Å²) in [5.41, 5.74) is 7.65. The van der Waals surface area contributed by atoms with Gasteiger partial charge in [-0.3, -0.25) is 9.59 Å². The number of carbonyl (C=O) groups excluding carboxylic acids is 2. The highest BCUT2D eigenvalue weighted by molar-refractivity contribution is 6.00. The number of benzene rings is 1. The second-order valence-corrected chi connectivity index (χ2v) is 7.31. The van der Waals surface area contributed by atoms with Crippen LogP contribution in [0.3, 0.4) is 0 Å². The Morgan fingerprint density at radius 1 is 1.33 bits per heavy atom. The van der Waals surface area contributed by atoms with Crippen molar-refractivity contribution in [3.05, 3.63) is 29.8 Å². The number of anilines is 1. The van der Waals surface area contributed by atoms with Gasteiger partial charge in [0.15, 0.2) is 0 Å². The molecule has 2 unspecified atom stereocenters. The Balaban J connectivity index is 1.66. The predicted octanol–water partition coefficient (Wildman–Crippen LogP) is 1.85. The van der Waals surface area contributed by atoms with Crippen LogP contribution in [-0.4, -0.2) is 30.4 Å². The number of hydrogen-bond acceptors (Lipinski definition) is 3. The van der Waals surface area contributed by atoms with E-state index in [-0.39, 0.29) is 29.7 Å². The molecule has 1 aromatic carbocycles. The molecule has 1 saturated carbocycles. The first-order valence-electron chi connectivity index (χ1n) is 8.88. The number of carbonyl (C=O) groups is 2. The lowest BCUT2D eigenvalue weighted by molar-refractivity contribution is -0.128. The highest BCUT2D eigenvalue weighted by Gasteiger charge is 2.44. The van der Waals surface area contributed by atoms with Crippen LogP contribution >= 0.6 is 0 Å². The van der Waals surface area contributed by atoms with Crippen LogP contribution in [-0.2, 0) is 16.0 Å². The van der Waals surface area contributed by atoms with Crippen LogP contribution in [0, 0.1) is 11.8 Å². The van der Waals surface area contributed by atoms with Crippen molar-refractivity contribution in [2.75, 3.05) is 18.0 Å². The van der Waals surface area contributed by atoms with E-state index in [1.165, 1.54) is 5.56 Å². The topological polar surface area (TPSA) is 75.4 Å². The van der Waals surface area contributed by atoms with E-state index >= 15 is 0 Å². The average Bonchev–Trinajstić information content (AvgIpc) is 3.38. The van der Waals surface area contributed by atoms with Crippen LogP contribution in [0.15, 0.2) is 24.3 Å². The second kappa shape index (κ2) is 6.55. The first-order valence-corrected chi connectivity index (χ1v) is 8.88. The van der Waals surface area contributed by atoms with Crippen LogP contribution in [0.1, 0.15) is 38.7 Å².